The standard InChI is InChI=1S/C22H16O3/c23-22(25-21-14-5-2-6-15-21)19-11-7-9-18(17-19)10-8-16-24-20-12-3-1-4-13-20/h1-7,9,11-15,17H,16H2. The van der Waals surface area contributed by atoms with Crippen LogP contribution in [0.4, 0.5) is 0 Å². The van der Waals surface area contributed by atoms with Gasteiger partial charge in [0.2, 0.25) is 0 Å². The highest BCUT2D eigenvalue weighted by Crippen LogP contribution is 2.13. The second-order valence-corrected chi connectivity index (χ2v) is 5.19. The molecule has 3 aromatic carbocycles. The molecular weight excluding hydrogens is 312 g/mol. The minimum Gasteiger partial charge on any atom is -0.481 e. The van der Waals surface area contributed by atoms with Gasteiger partial charge in [-0.1, -0.05) is 54.3 Å². The van der Waals surface area contributed by atoms with Crippen LogP contribution in [0.3, 0.4) is 0 Å². The van der Waals surface area contributed by atoms with Gasteiger partial charge in [0, 0.05) is 5.56 Å². The first-order chi connectivity index (χ1) is 12.3. The molecule has 0 N–H and O–H groups in total. The van der Waals surface area contributed by atoms with Crippen LogP contribution in [0.15, 0.2) is 84.9 Å². The van der Waals surface area contributed by atoms with Crippen molar-refractivity contribution < 1.29 is 14.3 Å². The largest absolute Gasteiger partial charge is 0.481 e. The molecule has 0 aromatic heterocycles. The molecule has 0 saturated heterocycles. The van der Waals surface area contributed by atoms with Crippen molar-refractivity contribution in [1.82, 2.24) is 0 Å². The smallest absolute Gasteiger partial charge is 0.343 e. The average molecular weight is 328 g/mol. The van der Waals surface area contributed by atoms with E-state index in [9.17, 15) is 4.79 Å². The van der Waals surface area contributed by atoms with Crippen LogP contribution < -0.4 is 9.47 Å². The van der Waals surface area contributed by atoms with Gasteiger partial charge in [0.25, 0.3) is 0 Å². The fourth-order valence-electron chi connectivity index (χ4n) is 2.15. The zero-order chi connectivity index (χ0) is 17.3. The Morgan fingerprint density at radius 2 is 1.48 bits per heavy atom. The number of benzene rings is 3. The van der Waals surface area contributed by atoms with E-state index in [0.29, 0.717) is 11.3 Å². The highest BCUT2D eigenvalue weighted by atomic mass is 16.5. The molecule has 0 spiro atoms. The van der Waals surface area contributed by atoms with Gasteiger partial charge in [-0.05, 0) is 42.5 Å². The molecule has 0 atom stereocenters. The lowest BCUT2D eigenvalue weighted by Crippen LogP contribution is -2.08. The van der Waals surface area contributed by atoms with E-state index in [1.54, 1.807) is 30.3 Å². The van der Waals surface area contributed by atoms with Gasteiger partial charge in [0.1, 0.15) is 18.1 Å². The lowest BCUT2D eigenvalue weighted by atomic mass is 10.1. The van der Waals surface area contributed by atoms with E-state index >= 15 is 0 Å². The molecule has 0 bridgehead atoms. The molecule has 3 rings (SSSR count). The molecule has 0 amide bonds. The van der Waals surface area contributed by atoms with Crippen molar-refractivity contribution in [2.75, 3.05) is 6.61 Å². The Balaban J connectivity index is 1.61. The maximum atomic E-state index is 12.2. The molecule has 0 aliphatic rings. The van der Waals surface area contributed by atoms with E-state index in [4.69, 9.17) is 9.47 Å². The molecule has 0 radical (unpaired) electrons. The predicted octanol–water partition coefficient (Wildman–Crippen LogP) is 4.34. The second kappa shape index (κ2) is 8.37. The van der Waals surface area contributed by atoms with Crippen molar-refractivity contribution in [1.29, 1.82) is 0 Å². The maximum Gasteiger partial charge on any atom is 0.343 e. The van der Waals surface area contributed by atoms with Gasteiger partial charge in [-0.2, -0.15) is 0 Å². The monoisotopic (exact) mass is 328 g/mol. The number of hydrogen-bond donors (Lipinski definition) is 0. The van der Waals surface area contributed by atoms with E-state index in [1.165, 1.54) is 0 Å². The van der Waals surface area contributed by atoms with Crippen LogP contribution in [0, 0.1) is 11.8 Å². The quantitative estimate of drug-likeness (QED) is 0.406. The van der Waals surface area contributed by atoms with E-state index in [1.807, 2.05) is 54.6 Å². The Kier molecular flexibility index (Phi) is 5.48. The molecule has 0 heterocycles. The van der Waals surface area contributed by atoms with Gasteiger partial charge in [0.05, 0.1) is 5.56 Å². The lowest BCUT2D eigenvalue weighted by molar-refractivity contribution is 0.0734. The second-order valence-electron chi connectivity index (χ2n) is 5.19. The van der Waals surface area contributed by atoms with Crippen LogP contribution in [0.25, 0.3) is 0 Å². The number of carbonyl (C=O) groups excluding carboxylic acids is 1. The minimum absolute atomic E-state index is 0.280. The Labute approximate surface area is 146 Å². The van der Waals surface area contributed by atoms with Crippen LogP contribution in [0.1, 0.15) is 15.9 Å². The number of rotatable bonds is 4. The zero-order valence-corrected chi connectivity index (χ0v) is 13.5. The van der Waals surface area contributed by atoms with Crippen molar-refractivity contribution >= 4 is 5.97 Å². The maximum absolute atomic E-state index is 12.2. The first-order valence-electron chi connectivity index (χ1n) is 7.85. The summed E-state index contributed by atoms with van der Waals surface area (Å²) in [5, 5.41) is 0. The van der Waals surface area contributed by atoms with Gasteiger partial charge in [-0.15, -0.1) is 0 Å². The van der Waals surface area contributed by atoms with Crippen LogP contribution in [0.5, 0.6) is 11.5 Å². The Bertz CT molecular complexity index is 891. The third kappa shape index (κ3) is 4.98. The molecule has 3 heteroatoms. The number of para-hydroxylation sites is 2. The van der Waals surface area contributed by atoms with E-state index in [2.05, 4.69) is 11.8 Å². The van der Waals surface area contributed by atoms with Crippen molar-refractivity contribution in [3.05, 3.63) is 96.1 Å². The van der Waals surface area contributed by atoms with Crippen molar-refractivity contribution in [3.63, 3.8) is 0 Å². The Morgan fingerprint density at radius 1 is 0.800 bits per heavy atom. The van der Waals surface area contributed by atoms with Gasteiger partial charge in [0.15, 0.2) is 0 Å². The third-order valence-electron chi connectivity index (χ3n) is 3.34. The first kappa shape index (κ1) is 16.4. The number of esters is 1. The highest BCUT2D eigenvalue weighted by Gasteiger charge is 2.08. The molecule has 0 fully saturated rings. The number of hydrogen-bond acceptors (Lipinski definition) is 3. The first-order valence-corrected chi connectivity index (χ1v) is 7.85. The van der Waals surface area contributed by atoms with E-state index < -0.39 is 5.97 Å². The molecule has 0 saturated carbocycles. The molecule has 122 valence electrons. The SMILES string of the molecule is O=C(Oc1ccccc1)c1cccc(C#CCOc2ccccc2)c1. The lowest BCUT2D eigenvalue weighted by Gasteiger charge is -2.04. The summed E-state index contributed by atoms with van der Waals surface area (Å²) >= 11 is 0. The van der Waals surface area contributed by atoms with Crippen molar-refractivity contribution in [2.45, 2.75) is 0 Å². The summed E-state index contributed by atoms with van der Waals surface area (Å²) in [4.78, 5) is 12.2. The van der Waals surface area contributed by atoms with Crippen LogP contribution in [-0.2, 0) is 0 Å². The predicted molar refractivity (Wildman–Crippen MR) is 96.7 cm³/mol. The molecule has 3 nitrogen and oxygen atoms in total. The van der Waals surface area contributed by atoms with Crippen LogP contribution in [-0.4, -0.2) is 12.6 Å². The molecule has 0 aliphatic heterocycles. The van der Waals surface area contributed by atoms with Crippen LogP contribution >= 0.6 is 0 Å². The summed E-state index contributed by atoms with van der Waals surface area (Å²) in [6.45, 7) is 0.280. The molecule has 0 aliphatic carbocycles. The van der Waals surface area contributed by atoms with Crippen LogP contribution in [0.2, 0.25) is 0 Å². The summed E-state index contributed by atoms with van der Waals surface area (Å²) < 4.78 is 10.8. The third-order valence-corrected chi connectivity index (χ3v) is 3.34. The summed E-state index contributed by atoms with van der Waals surface area (Å²) in [5.74, 6) is 6.81. The Hall–Kier alpha value is -3.51. The van der Waals surface area contributed by atoms with Crippen molar-refractivity contribution in [3.8, 4) is 23.3 Å². The summed E-state index contributed by atoms with van der Waals surface area (Å²) in [6, 6.07) is 25.5. The van der Waals surface area contributed by atoms with E-state index in [0.717, 1.165) is 11.3 Å². The fourth-order valence-corrected chi connectivity index (χ4v) is 2.15. The summed E-state index contributed by atoms with van der Waals surface area (Å²) in [6.07, 6.45) is 0. The normalized spacial score (nSPS) is 9.60. The zero-order valence-electron chi connectivity index (χ0n) is 13.5. The van der Waals surface area contributed by atoms with Gasteiger partial charge < -0.3 is 9.47 Å². The summed E-state index contributed by atoms with van der Waals surface area (Å²) in [7, 11) is 0. The van der Waals surface area contributed by atoms with Gasteiger partial charge in [-0.25, -0.2) is 4.79 Å². The summed E-state index contributed by atoms with van der Waals surface area (Å²) in [5.41, 5.74) is 1.19. The minimum atomic E-state index is -0.407. The van der Waals surface area contributed by atoms with Gasteiger partial charge in [-0.3, -0.25) is 0 Å². The molecular formula is C22H16O3. The number of carbonyl (C=O) groups is 1. The van der Waals surface area contributed by atoms with Gasteiger partial charge >= 0.3 is 5.97 Å². The fraction of sp³-hybridized carbons (Fsp3) is 0.0455. The van der Waals surface area contributed by atoms with Crippen molar-refractivity contribution in [2.24, 2.45) is 0 Å². The number of ether oxygens (including phenoxy) is 2. The highest BCUT2D eigenvalue weighted by molar-refractivity contribution is 5.91. The van der Waals surface area contributed by atoms with E-state index in [-0.39, 0.29) is 6.61 Å². The Morgan fingerprint density at radius 3 is 2.20 bits per heavy atom. The molecule has 25 heavy (non-hydrogen) atoms. The topological polar surface area (TPSA) is 35.5 Å². The molecule has 3 aromatic rings. The average Bonchev–Trinajstić information content (AvgIpc) is 2.67. The molecule has 0 unspecified atom stereocenters.